The van der Waals surface area contributed by atoms with Gasteiger partial charge in [-0.25, -0.2) is 0 Å². The first-order chi connectivity index (χ1) is 12.7. The predicted octanol–water partition coefficient (Wildman–Crippen LogP) is 4.72. The second-order valence-electron chi connectivity index (χ2n) is 6.56. The molecule has 0 amide bonds. The molecular formula is C20H20ClNO5. The Bertz CT molecular complexity index is 861. The Morgan fingerprint density at radius 3 is 2.33 bits per heavy atom. The van der Waals surface area contributed by atoms with Crippen molar-refractivity contribution < 1.29 is 19.2 Å². The van der Waals surface area contributed by atoms with Crippen molar-refractivity contribution in [3.8, 4) is 0 Å². The van der Waals surface area contributed by atoms with Gasteiger partial charge in [0.25, 0.3) is 5.69 Å². The third-order valence-electron chi connectivity index (χ3n) is 4.22. The van der Waals surface area contributed by atoms with Crippen molar-refractivity contribution in [2.45, 2.75) is 26.7 Å². The summed E-state index contributed by atoms with van der Waals surface area (Å²) in [4.78, 5) is 35.3. The maximum atomic E-state index is 12.5. The van der Waals surface area contributed by atoms with E-state index >= 15 is 0 Å². The van der Waals surface area contributed by atoms with E-state index in [1.807, 2.05) is 13.8 Å². The Kier molecular flexibility index (Phi) is 6.69. The molecule has 2 aromatic carbocycles. The van der Waals surface area contributed by atoms with Gasteiger partial charge in [-0.15, -0.1) is 0 Å². The molecule has 0 saturated heterocycles. The van der Waals surface area contributed by atoms with Crippen LogP contribution < -0.4 is 0 Å². The van der Waals surface area contributed by atoms with Crippen molar-refractivity contribution >= 4 is 29.0 Å². The summed E-state index contributed by atoms with van der Waals surface area (Å²) < 4.78 is 5.21. The lowest BCUT2D eigenvalue weighted by Gasteiger charge is -2.19. The van der Waals surface area contributed by atoms with E-state index < -0.39 is 29.2 Å². The van der Waals surface area contributed by atoms with Crippen molar-refractivity contribution in [1.29, 1.82) is 0 Å². The zero-order valence-corrected chi connectivity index (χ0v) is 16.0. The summed E-state index contributed by atoms with van der Waals surface area (Å²) in [6, 6.07) is 11.1. The minimum atomic E-state index is -0.548. The van der Waals surface area contributed by atoms with Gasteiger partial charge >= 0.3 is 5.97 Å². The van der Waals surface area contributed by atoms with Crippen LogP contribution in [0.4, 0.5) is 5.69 Å². The van der Waals surface area contributed by atoms with E-state index in [1.165, 1.54) is 18.2 Å². The number of nitrogens with zero attached hydrogens (tertiary/aromatic N) is 1. The van der Waals surface area contributed by atoms with Gasteiger partial charge in [0.1, 0.15) is 0 Å². The first-order valence-electron chi connectivity index (χ1n) is 8.41. The number of hydrogen-bond donors (Lipinski definition) is 0. The van der Waals surface area contributed by atoms with Crippen LogP contribution in [0.5, 0.6) is 0 Å². The summed E-state index contributed by atoms with van der Waals surface area (Å²) in [7, 11) is 0. The summed E-state index contributed by atoms with van der Waals surface area (Å²) in [5.74, 6) is -1.61. The molecule has 0 spiro atoms. The molecule has 0 unspecified atom stereocenters. The highest BCUT2D eigenvalue weighted by atomic mass is 35.5. The number of esters is 1. The van der Waals surface area contributed by atoms with E-state index in [2.05, 4.69) is 0 Å². The number of aryl methyl sites for hydroxylation is 1. The highest BCUT2D eigenvalue weighted by Gasteiger charge is 2.26. The Balaban J connectivity index is 2.11. The first kappa shape index (κ1) is 20.6. The number of rotatable bonds is 7. The normalized spacial score (nSPS) is 11.9. The number of halogens is 1. The summed E-state index contributed by atoms with van der Waals surface area (Å²) in [6.45, 7) is 4.87. The zero-order valence-electron chi connectivity index (χ0n) is 15.3. The molecule has 0 bridgehead atoms. The quantitative estimate of drug-likeness (QED) is 0.296. The molecule has 0 aliphatic carbocycles. The number of hydrogen-bond acceptors (Lipinski definition) is 5. The number of nitro benzene ring substituents is 1. The number of nitro groups is 1. The molecule has 0 aromatic heterocycles. The van der Waals surface area contributed by atoms with Gasteiger partial charge in [-0.1, -0.05) is 49.7 Å². The fourth-order valence-electron chi connectivity index (χ4n) is 2.75. The zero-order chi connectivity index (χ0) is 20.1. The standard InChI is InChI=1S/C20H20ClNO5/c1-12(2)19(14-6-8-16(21)9-7-14)20(24)27-11-18(23)15-5-4-13(3)17(10-15)22(25)26/h4-10,12,19H,11H2,1-3H3/t19-/m1/s1. The molecule has 142 valence electrons. The smallest absolute Gasteiger partial charge is 0.314 e. The van der Waals surface area contributed by atoms with E-state index in [4.69, 9.17) is 16.3 Å². The molecule has 2 aromatic rings. The Morgan fingerprint density at radius 1 is 1.15 bits per heavy atom. The summed E-state index contributed by atoms with van der Waals surface area (Å²) in [6.07, 6.45) is 0. The fourth-order valence-corrected chi connectivity index (χ4v) is 2.88. The second-order valence-corrected chi connectivity index (χ2v) is 7.00. The monoisotopic (exact) mass is 389 g/mol. The lowest BCUT2D eigenvalue weighted by Crippen LogP contribution is -2.23. The van der Waals surface area contributed by atoms with Crippen LogP contribution in [0.3, 0.4) is 0 Å². The molecular weight excluding hydrogens is 370 g/mol. The number of ether oxygens (including phenoxy) is 1. The van der Waals surface area contributed by atoms with Gasteiger partial charge < -0.3 is 4.74 Å². The van der Waals surface area contributed by atoms with Crippen molar-refractivity contribution in [3.63, 3.8) is 0 Å². The van der Waals surface area contributed by atoms with E-state index in [9.17, 15) is 19.7 Å². The van der Waals surface area contributed by atoms with E-state index in [0.29, 0.717) is 10.6 Å². The summed E-state index contributed by atoms with van der Waals surface area (Å²) in [5, 5.41) is 11.6. The number of carbonyl (C=O) groups is 2. The molecule has 2 rings (SSSR count). The molecule has 0 radical (unpaired) electrons. The van der Waals surface area contributed by atoms with Gasteiger partial charge in [0, 0.05) is 22.2 Å². The molecule has 6 nitrogen and oxygen atoms in total. The maximum Gasteiger partial charge on any atom is 0.314 e. The molecule has 7 heteroatoms. The number of ketones is 1. The van der Waals surface area contributed by atoms with Gasteiger partial charge in [-0.2, -0.15) is 0 Å². The number of carbonyl (C=O) groups excluding carboxylic acids is 2. The lowest BCUT2D eigenvalue weighted by atomic mass is 9.88. The minimum absolute atomic E-state index is 0.0470. The summed E-state index contributed by atoms with van der Waals surface area (Å²) >= 11 is 5.88. The van der Waals surface area contributed by atoms with Crippen LogP contribution >= 0.6 is 11.6 Å². The van der Waals surface area contributed by atoms with Gasteiger partial charge in [0.2, 0.25) is 5.78 Å². The van der Waals surface area contributed by atoms with Crippen LogP contribution in [0.25, 0.3) is 0 Å². The Morgan fingerprint density at radius 2 is 1.78 bits per heavy atom. The third kappa shape index (κ3) is 5.14. The largest absolute Gasteiger partial charge is 0.457 e. The number of benzene rings is 2. The number of Topliss-reactive ketones (excluding diaryl/α,β-unsaturated/α-hetero) is 1. The Labute approximate surface area is 162 Å². The molecule has 0 fully saturated rings. The van der Waals surface area contributed by atoms with Crippen LogP contribution in [0.15, 0.2) is 42.5 Å². The van der Waals surface area contributed by atoms with Gasteiger partial charge in [0.15, 0.2) is 6.61 Å². The van der Waals surface area contributed by atoms with Crippen LogP contribution in [-0.4, -0.2) is 23.3 Å². The van der Waals surface area contributed by atoms with E-state index in [-0.39, 0.29) is 17.2 Å². The maximum absolute atomic E-state index is 12.5. The fraction of sp³-hybridized carbons (Fsp3) is 0.300. The molecule has 0 aliphatic heterocycles. The molecule has 27 heavy (non-hydrogen) atoms. The highest BCUT2D eigenvalue weighted by molar-refractivity contribution is 6.30. The van der Waals surface area contributed by atoms with Crippen LogP contribution in [0, 0.1) is 23.0 Å². The van der Waals surface area contributed by atoms with E-state index in [0.717, 1.165) is 5.56 Å². The van der Waals surface area contributed by atoms with Crippen molar-refractivity contribution in [2.24, 2.45) is 5.92 Å². The predicted molar refractivity (Wildman–Crippen MR) is 102 cm³/mol. The van der Waals surface area contributed by atoms with Crippen LogP contribution in [-0.2, 0) is 9.53 Å². The molecule has 0 N–H and O–H groups in total. The molecule has 0 saturated carbocycles. The van der Waals surface area contributed by atoms with E-state index in [1.54, 1.807) is 31.2 Å². The van der Waals surface area contributed by atoms with Gasteiger partial charge in [0.05, 0.1) is 10.8 Å². The van der Waals surface area contributed by atoms with Crippen molar-refractivity contribution in [2.75, 3.05) is 6.61 Å². The van der Waals surface area contributed by atoms with Crippen LogP contribution in [0.1, 0.15) is 41.3 Å². The topological polar surface area (TPSA) is 86.5 Å². The van der Waals surface area contributed by atoms with Gasteiger partial charge in [-0.05, 0) is 30.5 Å². The molecule has 0 aliphatic rings. The molecule has 1 atom stereocenters. The second kappa shape index (κ2) is 8.77. The summed E-state index contributed by atoms with van der Waals surface area (Å²) in [5.41, 5.74) is 1.19. The van der Waals surface area contributed by atoms with Gasteiger partial charge in [-0.3, -0.25) is 19.7 Å². The lowest BCUT2D eigenvalue weighted by molar-refractivity contribution is -0.385. The SMILES string of the molecule is Cc1ccc(C(=O)COC(=O)[C@@H](c2ccc(Cl)cc2)C(C)C)cc1[N+](=O)[O-]. The average Bonchev–Trinajstić information content (AvgIpc) is 2.61. The van der Waals surface area contributed by atoms with Crippen LogP contribution in [0.2, 0.25) is 5.02 Å². The third-order valence-corrected chi connectivity index (χ3v) is 4.48. The average molecular weight is 390 g/mol. The Hall–Kier alpha value is -2.73. The minimum Gasteiger partial charge on any atom is -0.457 e. The highest BCUT2D eigenvalue weighted by Crippen LogP contribution is 2.27. The van der Waals surface area contributed by atoms with Crippen molar-refractivity contribution in [1.82, 2.24) is 0 Å². The van der Waals surface area contributed by atoms with Crippen molar-refractivity contribution in [3.05, 3.63) is 74.3 Å². The first-order valence-corrected chi connectivity index (χ1v) is 8.79. The molecule has 0 heterocycles.